The molecule has 0 aliphatic heterocycles. The lowest BCUT2D eigenvalue weighted by atomic mass is 10.0. The first-order valence-electron chi connectivity index (χ1n) is 4.88. The van der Waals surface area contributed by atoms with Gasteiger partial charge >= 0.3 is 0 Å². The standard InChI is InChI=1S/C10H22N2S/c1-5-7-12(9-13)10(3,4)8-11-6-2/h6,13H,5,7-9H2,1-4H3. The first kappa shape index (κ1) is 13.0. The largest absolute Gasteiger partial charge is 0.296 e. The monoisotopic (exact) mass is 202 g/mol. The number of hydrogen-bond donors (Lipinski definition) is 1. The summed E-state index contributed by atoms with van der Waals surface area (Å²) in [6.45, 7) is 10.5. The van der Waals surface area contributed by atoms with E-state index in [4.69, 9.17) is 0 Å². The van der Waals surface area contributed by atoms with Gasteiger partial charge in [0.2, 0.25) is 0 Å². The van der Waals surface area contributed by atoms with Gasteiger partial charge in [-0.2, -0.15) is 12.6 Å². The van der Waals surface area contributed by atoms with Crippen LogP contribution < -0.4 is 0 Å². The predicted molar refractivity (Wildman–Crippen MR) is 64.0 cm³/mol. The first-order chi connectivity index (χ1) is 6.08. The van der Waals surface area contributed by atoms with Crippen molar-refractivity contribution >= 4 is 18.8 Å². The van der Waals surface area contributed by atoms with Gasteiger partial charge in [0.15, 0.2) is 0 Å². The van der Waals surface area contributed by atoms with E-state index in [2.05, 4.69) is 43.3 Å². The Bertz CT molecular complexity index is 155. The number of aliphatic imine (C=N–C) groups is 1. The molecule has 0 N–H and O–H groups in total. The van der Waals surface area contributed by atoms with Crippen LogP contribution in [0.5, 0.6) is 0 Å². The summed E-state index contributed by atoms with van der Waals surface area (Å²) >= 11 is 4.34. The molecule has 0 saturated carbocycles. The van der Waals surface area contributed by atoms with Crippen molar-refractivity contribution in [1.29, 1.82) is 0 Å². The highest BCUT2D eigenvalue weighted by molar-refractivity contribution is 7.80. The lowest BCUT2D eigenvalue weighted by Gasteiger charge is -2.36. The minimum atomic E-state index is 0.129. The van der Waals surface area contributed by atoms with Crippen LogP contribution >= 0.6 is 12.6 Å². The fraction of sp³-hybridized carbons (Fsp3) is 0.900. The summed E-state index contributed by atoms with van der Waals surface area (Å²) < 4.78 is 0. The summed E-state index contributed by atoms with van der Waals surface area (Å²) in [5.41, 5.74) is 0.129. The zero-order valence-electron chi connectivity index (χ0n) is 9.25. The van der Waals surface area contributed by atoms with Gasteiger partial charge in [0, 0.05) is 11.4 Å². The highest BCUT2D eigenvalue weighted by Crippen LogP contribution is 2.15. The minimum Gasteiger partial charge on any atom is -0.296 e. The van der Waals surface area contributed by atoms with Gasteiger partial charge in [0.1, 0.15) is 0 Å². The number of hydrogen-bond acceptors (Lipinski definition) is 3. The Balaban J connectivity index is 4.18. The van der Waals surface area contributed by atoms with E-state index < -0.39 is 0 Å². The zero-order valence-corrected chi connectivity index (χ0v) is 10.1. The van der Waals surface area contributed by atoms with Gasteiger partial charge < -0.3 is 0 Å². The summed E-state index contributed by atoms with van der Waals surface area (Å²) in [5.74, 6) is 0.806. The van der Waals surface area contributed by atoms with Crippen molar-refractivity contribution < 1.29 is 0 Å². The summed E-state index contributed by atoms with van der Waals surface area (Å²) in [6.07, 6.45) is 3.03. The van der Waals surface area contributed by atoms with Crippen molar-refractivity contribution in [3.63, 3.8) is 0 Å². The predicted octanol–water partition coefficient (Wildman–Crippen LogP) is 2.46. The fourth-order valence-electron chi connectivity index (χ4n) is 1.25. The Morgan fingerprint density at radius 2 is 2.08 bits per heavy atom. The van der Waals surface area contributed by atoms with E-state index in [0.717, 1.165) is 19.0 Å². The van der Waals surface area contributed by atoms with E-state index in [1.165, 1.54) is 6.42 Å². The van der Waals surface area contributed by atoms with Crippen LogP contribution in [0.4, 0.5) is 0 Å². The second-order valence-corrected chi connectivity index (χ2v) is 4.10. The molecule has 0 spiro atoms. The molecule has 0 aromatic rings. The zero-order chi connectivity index (χ0) is 10.3. The third-order valence-electron chi connectivity index (χ3n) is 2.18. The highest BCUT2D eigenvalue weighted by Gasteiger charge is 2.24. The first-order valence-corrected chi connectivity index (χ1v) is 5.52. The van der Waals surface area contributed by atoms with Gasteiger partial charge in [-0.25, -0.2) is 0 Å². The molecule has 0 atom stereocenters. The van der Waals surface area contributed by atoms with Gasteiger partial charge in [0.25, 0.3) is 0 Å². The van der Waals surface area contributed by atoms with E-state index in [0.29, 0.717) is 0 Å². The Morgan fingerprint density at radius 3 is 2.46 bits per heavy atom. The van der Waals surface area contributed by atoms with Crippen LogP contribution in [0.3, 0.4) is 0 Å². The molecular weight excluding hydrogens is 180 g/mol. The van der Waals surface area contributed by atoms with Crippen LogP contribution in [-0.4, -0.2) is 35.6 Å². The average molecular weight is 202 g/mol. The molecule has 0 aliphatic rings. The van der Waals surface area contributed by atoms with E-state index >= 15 is 0 Å². The number of rotatable bonds is 6. The molecule has 0 heterocycles. The van der Waals surface area contributed by atoms with Gasteiger partial charge in [-0.15, -0.1) is 0 Å². The van der Waals surface area contributed by atoms with Crippen LogP contribution in [0.25, 0.3) is 0 Å². The molecule has 0 aliphatic carbocycles. The summed E-state index contributed by atoms with van der Waals surface area (Å²) in [7, 11) is 0. The van der Waals surface area contributed by atoms with Gasteiger partial charge in [0.05, 0.1) is 6.54 Å². The molecule has 3 heteroatoms. The van der Waals surface area contributed by atoms with Crippen molar-refractivity contribution in [2.45, 2.75) is 39.7 Å². The summed E-state index contributed by atoms with van der Waals surface area (Å²) in [4.78, 5) is 6.64. The van der Waals surface area contributed by atoms with Crippen molar-refractivity contribution in [3.8, 4) is 0 Å². The van der Waals surface area contributed by atoms with Crippen LogP contribution in [-0.2, 0) is 0 Å². The molecule has 2 nitrogen and oxygen atoms in total. The molecule has 0 amide bonds. The molecule has 0 unspecified atom stereocenters. The van der Waals surface area contributed by atoms with Crippen LogP contribution in [0, 0.1) is 0 Å². The molecule has 0 fully saturated rings. The molecular formula is C10H22N2S. The van der Waals surface area contributed by atoms with E-state index in [1.807, 2.05) is 13.1 Å². The molecule has 0 rings (SSSR count). The molecule has 13 heavy (non-hydrogen) atoms. The quantitative estimate of drug-likeness (QED) is 0.397. The summed E-state index contributed by atoms with van der Waals surface area (Å²) in [6, 6.07) is 0. The van der Waals surface area contributed by atoms with E-state index in [9.17, 15) is 0 Å². The molecule has 0 saturated heterocycles. The third-order valence-corrected chi connectivity index (χ3v) is 2.52. The normalized spacial score (nSPS) is 13.1. The average Bonchev–Trinajstić information content (AvgIpc) is 2.10. The Kier molecular flexibility index (Phi) is 6.43. The van der Waals surface area contributed by atoms with Gasteiger partial charge in [-0.3, -0.25) is 9.89 Å². The molecule has 0 aromatic heterocycles. The molecule has 0 bridgehead atoms. The van der Waals surface area contributed by atoms with Crippen molar-refractivity contribution in [2.75, 3.05) is 19.0 Å². The van der Waals surface area contributed by atoms with Crippen LogP contribution in [0.1, 0.15) is 34.1 Å². The van der Waals surface area contributed by atoms with Crippen molar-refractivity contribution in [3.05, 3.63) is 0 Å². The van der Waals surface area contributed by atoms with E-state index in [1.54, 1.807) is 0 Å². The Morgan fingerprint density at radius 1 is 1.46 bits per heavy atom. The fourth-order valence-corrected chi connectivity index (χ4v) is 1.77. The van der Waals surface area contributed by atoms with Crippen molar-refractivity contribution in [1.82, 2.24) is 4.90 Å². The topological polar surface area (TPSA) is 15.6 Å². The Hall–Kier alpha value is -0.0200. The molecule has 78 valence electrons. The highest BCUT2D eigenvalue weighted by atomic mass is 32.1. The number of nitrogens with zero attached hydrogens (tertiary/aromatic N) is 2. The minimum absolute atomic E-state index is 0.129. The van der Waals surface area contributed by atoms with Crippen LogP contribution in [0.15, 0.2) is 4.99 Å². The maximum Gasteiger partial charge on any atom is 0.0564 e. The van der Waals surface area contributed by atoms with E-state index in [-0.39, 0.29) is 5.54 Å². The van der Waals surface area contributed by atoms with Gasteiger partial charge in [-0.1, -0.05) is 6.92 Å². The van der Waals surface area contributed by atoms with Crippen LogP contribution in [0.2, 0.25) is 0 Å². The second kappa shape index (κ2) is 6.44. The van der Waals surface area contributed by atoms with Crippen molar-refractivity contribution in [2.24, 2.45) is 4.99 Å². The smallest absolute Gasteiger partial charge is 0.0564 e. The SMILES string of the molecule is CC=NCC(C)(C)N(CS)CCC. The molecule has 0 radical (unpaired) electrons. The molecule has 0 aromatic carbocycles. The lowest BCUT2D eigenvalue weighted by molar-refractivity contribution is 0.156. The summed E-state index contributed by atoms with van der Waals surface area (Å²) in [5, 5.41) is 0. The number of thiol groups is 1. The lowest BCUT2D eigenvalue weighted by Crippen LogP contribution is -2.46. The maximum absolute atomic E-state index is 4.34. The van der Waals surface area contributed by atoms with Gasteiger partial charge in [-0.05, 0) is 40.0 Å². The maximum atomic E-state index is 4.34. The third kappa shape index (κ3) is 4.67. The second-order valence-electron chi connectivity index (χ2n) is 3.82. The Labute approximate surface area is 87.8 Å².